The minimum absolute atomic E-state index is 0.366. The van der Waals surface area contributed by atoms with Crippen molar-refractivity contribution in [3.05, 3.63) is 43.6 Å². The number of aromatic nitrogens is 6. The van der Waals surface area contributed by atoms with Crippen LogP contribution in [0.2, 0.25) is 0 Å². The zero-order valence-corrected chi connectivity index (χ0v) is 19.5. The first kappa shape index (κ1) is 29.2. The standard InChI is InChI=1S/C4H6N2O2.C4H6N2OS.C3H4N2O2.C2H3ClO2.C2H6/c1-3-5-6(2)4(7)8-3;1-3-5-6(2)4(8)7-3;1-2-4-5-3(6)7-2;1-5-2(3)4;1-2/h2*1-2H3;1H3,(H,5,6);1H3;1-2H3. The molecule has 3 heterocycles. The monoisotopic (exact) mass is 468 g/mol. The maximum atomic E-state index is 10.4. The fourth-order valence-corrected chi connectivity index (χ4v) is 1.40. The van der Waals surface area contributed by atoms with Gasteiger partial charge in [-0.2, -0.15) is 4.68 Å². The maximum Gasteiger partial charge on any atom is 0.436 e. The second-order valence-corrected chi connectivity index (χ2v) is 5.25. The zero-order valence-electron chi connectivity index (χ0n) is 17.9. The number of hydrogen-bond acceptors (Lipinski definition) is 11. The van der Waals surface area contributed by atoms with Crippen LogP contribution in [0.1, 0.15) is 31.5 Å². The van der Waals surface area contributed by atoms with Crippen LogP contribution in [-0.4, -0.2) is 42.3 Å². The number of aryl methyl sites for hydroxylation is 5. The molecule has 0 fully saturated rings. The molecule has 0 saturated carbocycles. The van der Waals surface area contributed by atoms with Gasteiger partial charge in [0.05, 0.1) is 7.11 Å². The highest BCUT2D eigenvalue weighted by atomic mass is 35.5. The van der Waals surface area contributed by atoms with Gasteiger partial charge in [0.25, 0.3) is 4.84 Å². The van der Waals surface area contributed by atoms with Crippen molar-refractivity contribution in [2.24, 2.45) is 14.1 Å². The first-order valence-corrected chi connectivity index (χ1v) is 9.01. The predicted octanol–water partition coefficient (Wildman–Crippen LogP) is 2.42. The van der Waals surface area contributed by atoms with Gasteiger partial charge in [0, 0.05) is 46.5 Å². The van der Waals surface area contributed by atoms with Gasteiger partial charge >= 0.3 is 16.9 Å². The van der Waals surface area contributed by atoms with E-state index in [1.807, 2.05) is 13.8 Å². The minimum Gasteiger partial charge on any atom is -0.457 e. The second-order valence-electron chi connectivity index (χ2n) is 4.60. The molecule has 0 bridgehead atoms. The van der Waals surface area contributed by atoms with E-state index >= 15 is 0 Å². The number of methoxy groups -OCH3 is 1. The molecule has 0 saturated heterocycles. The number of nitrogens with one attached hydrogen (secondary N) is 1. The number of carbonyl (C=O) groups excluding carboxylic acids is 1. The van der Waals surface area contributed by atoms with Crippen molar-refractivity contribution in [2.45, 2.75) is 34.6 Å². The summed E-state index contributed by atoms with van der Waals surface area (Å²) in [4.78, 5) is 30.2. The molecule has 13 nitrogen and oxygen atoms in total. The van der Waals surface area contributed by atoms with Crippen LogP contribution in [-0.2, 0) is 18.8 Å². The molecule has 15 heteroatoms. The molecule has 0 amide bonds. The predicted molar refractivity (Wildman–Crippen MR) is 109 cm³/mol. The summed E-state index contributed by atoms with van der Waals surface area (Å²) in [7, 11) is 4.51. The summed E-state index contributed by atoms with van der Waals surface area (Å²) >= 11 is 9.31. The van der Waals surface area contributed by atoms with Crippen LogP contribution in [0, 0.1) is 25.6 Å². The topological polar surface area (TPSA) is 164 Å². The normalized spacial score (nSPS) is 8.70. The summed E-state index contributed by atoms with van der Waals surface area (Å²) < 4.78 is 20.3. The quantitative estimate of drug-likeness (QED) is 0.380. The maximum absolute atomic E-state index is 10.4. The molecule has 0 aliphatic carbocycles. The van der Waals surface area contributed by atoms with Crippen molar-refractivity contribution in [1.29, 1.82) is 0 Å². The number of aromatic amines is 1. The summed E-state index contributed by atoms with van der Waals surface area (Å²) in [5.74, 6) is 0.458. The Morgan fingerprint density at radius 3 is 1.57 bits per heavy atom. The molecule has 0 aromatic carbocycles. The van der Waals surface area contributed by atoms with Crippen LogP contribution >= 0.6 is 23.8 Å². The summed E-state index contributed by atoms with van der Waals surface area (Å²) in [6, 6.07) is 0. The molecule has 3 aromatic rings. The Morgan fingerprint density at radius 1 is 1.00 bits per heavy atom. The van der Waals surface area contributed by atoms with Gasteiger partial charge in [-0.3, -0.25) is 0 Å². The van der Waals surface area contributed by atoms with Crippen molar-refractivity contribution in [3.63, 3.8) is 0 Å². The highest BCUT2D eigenvalue weighted by molar-refractivity contribution is 7.71. The molecule has 0 radical (unpaired) electrons. The second kappa shape index (κ2) is 15.9. The fraction of sp³-hybridized carbons (Fsp3) is 0.533. The highest BCUT2D eigenvalue weighted by Crippen LogP contribution is 1.92. The Hall–Kier alpha value is -3.00. The van der Waals surface area contributed by atoms with Crippen molar-refractivity contribution < 1.29 is 22.8 Å². The minimum atomic E-state index is -0.773. The van der Waals surface area contributed by atoms with E-state index in [0.29, 0.717) is 22.5 Å². The first-order chi connectivity index (χ1) is 14.0. The van der Waals surface area contributed by atoms with Gasteiger partial charge < -0.3 is 18.0 Å². The van der Waals surface area contributed by atoms with E-state index < -0.39 is 16.9 Å². The van der Waals surface area contributed by atoms with E-state index in [-0.39, 0.29) is 0 Å². The van der Waals surface area contributed by atoms with Gasteiger partial charge in [0.15, 0.2) is 0 Å². The third-order valence-corrected chi connectivity index (χ3v) is 2.79. The Kier molecular flexibility index (Phi) is 15.4. The lowest BCUT2D eigenvalue weighted by Crippen LogP contribution is -2.09. The van der Waals surface area contributed by atoms with Crippen LogP contribution in [0.4, 0.5) is 4.79 Å². The van der Waals surface area contributed by atoms with Crippen molar-refractivity contribution >= 4 is 29.2 Å². The lowest BCUT2D eigenvalue weighted by Gasteiger charge is -1.77. The summed E-state index contributed by atoms with van der Waals surface area (Å²) in [5, 5.41) is 13.0. The molecule has 0 aliphatic rings. The van der Waals surface area contributed by atoms with Gasteiger partial charge in [-0.25, -0.2) is 24.2 Å². The van der Waals surface area contributed by atoms with Crippen molar-refractivity contribution in [2.75, 3.05) is 7.11 Å². The van der Waals surface area contributed by atoms with E-state index in [4.69, 9.17) is 16.6 Å². The summed E-state index contributed by atoms with van der Waals surface area (Å²) in [5.41, 5.74) is -0.773. The van der Waals surface area contributed by atoms with Gasteiger partial charge in [0.1, 0.15) is 0 Å². The van der Waals surface area contributed by atoms with Crippen LogP contribution in [0.25, 0.3) is 0 Å². The molecule has 3 rings (SSSR count). The van der Waals surface area contributed by atoms with Gasteiger partial charge in [0.2, 0.25) is 17.7 Å². The molecule has 0 atom stereocenters. The third-order valence-electron chi connectivity index (χ3n) is 2.29. The lowest BCUT2D eigenvalue weighted by atomic mass is 10.8. The average Bonchev–Trinajstić information content (AvgIpc) is 3.29. The van der Waals surface area contributed by atoms with E-state index in [2.05, 4.69) is 45.6 Å². The van der Waals surface area contributed by atoms with Gasteiger partial charge in [-0.05, 0) is 12.2 Å². The molecule has 1 N–H and O–H groups in total. The van der Waals surface area contributed by atoms with Gasteiger partial charge in [-0.1, -0.05) is 13.8 Å². The molecule has 30 heavy (non-hydrogen) atoms. The Balaban J connectivity index is 0. The molecule has 0 aliphatic heterocycles. The number of H-pyrrole nitrogens is 1. The number of halogens is 1. The number of ether oxygens (including phenoxy) is 1. The van der Waals surface area contributed by atoms with Crippen molar-refractivity contribution in [3.8, 4) is 0 Å². The van der Waals surface area contributed by atoms with Crippen molar-refractivity contribution in [1.82, 2.24) is 29.8 Å². The fourth-order valence-electron chi connectivity index (χ4n) is 1.23. The van der Waals surface area contributed by atoms with E-state index in [1.165, 1.54) is 11.8 Å². The van der Waals surface area contributed by atoms with Crippen LogP contribution in [0.5, 0.6) is 0 Å². The Bertz CT molecular complexity index is 977. The van der Waals surface area contributed by atoms with E-state index in [9.17, 15) is 14.4 Å². The van der Waals surface area contributed by atoms with Gasteiger partial charge in [-0.15, -0.1) is 15.3 Å². The van der Waals surface area contributed by atoms with Crippen LogP contribution in [0.3, 0.4) is 0 Å². The van der Waals surface area contributed by atoms with Crippen LogP contribution in [0.15, 0.2) is 22.8 Å². The van der Waals surface area contributed by atoms with E-state index in [0.717, 1.165) is 4.68 Å². The number of hydrogen-bond donors (Lipinski definition) is 1. The number of carbonyl (C=O) groups is 1. The molecule has 0 unspecified atom stereocenters. The largest absolute Gasteiger partial charge is 0.457 e. The summed E-state index contributed by atoms with van der Waals surface area (Å²) in [6.07, 6.45) is 0. The summed E-state index contributed by atoms with van der Waals surface area (Å²) in [6.45, 7) is 8.98. The average molecular weight is 469 g/mol. The molecular formula is C15H25ClN6O7S. The SMILES string of the molecule is CC.COC(=O)Cl.Cc1n[nH]c(=O)o1.Cc1nn(C)c(=O)o1.Cc1nn(C)c(=S)o1. The van der Waals surface area contributed by atoms with Crippen LogP contribution < -0.4 is 11.5 Å². The number of rotatable bonds is 0. The molecular weight excluding hydrogens is 444 g/mol. The smallest absolute Gasteiger partial charge is 0.436 e. The molecule has 3 aromatic heterocycles. The zero-order chi connectivity index (χ0) is 23.9. The molecule has 0 spiro atoms. The Labute approximate surface area is 181 Å². The Morgan fingerprint density at radius 2 is 1.47 bits per heavy atom. The third kappa shape index (κ3) is 14.1. The highest BCUT2D eigenvalue weighted by Gasteiger charge is 1.94. The van der Waals surface area contributed by atoms with E-state index in [1.54, 1.807) is 34.9 Å². The molecule has 170 valence electrons. The number of nitrogens with zero attached hydrogens (tertiary/aromatic N) is 5. The lowest BCUT2D eigenvalue weighted by molar-refractivity contribution is 0.198. The first-order valence-electron chi connectivity index (χ1n) is 8.23.